The third-order valence-electron chi connectivity index (χ3n) is 4.34. The number of halogens is 1. The van der Waals surface area contributed by atoms with Gasteiger partial charge < -0.3 is 19.5 Å². The zero-order chi connectivity index (χ0) is 20.3. The molecule has 1 aromatic carbocycles. The summed E-state index contributed by atoms with van der Waals surface area (Å²) >= 11 is 3.56. The van der Waals surface area contributed by atoms with Crippen molar-refractivity contribution in [1.29, 1.82) is 0 Å². The Hall–Kier alpha value is -2.46. The van der Waals surface area contributed by atoms with Crippen LogP contribution in [0.5, 0.6) is 11.5 Å². The lowest BCUT2D eigenvalue weighted by molar-refractivity contribution is 0.148. The lowest BCUT2D eigenvalue weighted by Gasteiger charge is -2.16. The molecule has 0 aliphatic rings. The first kappa shape index (κ1) is 20.3. The van der Waals surface area contributed by atoms with Crippen LogP contribution in [-0.2, 0) is 4.74 Å². The first-order valence-corrected chi connectivity index (χ1v) is 9.58. The molecule has 0 spiro atoms. The highest BCUT2D eigenvalue weighted by molar-refractivity contribution is 9.10. The van der Waals surface area contributed by atoms with Gasteiger partial charge in [-0.25, -0.2) is 14.6 Å². The van der Waals surface area contributed by atoms with Crippen LogP contribution in [0.2, 0.25) is 0 Å². The highest BCUT2D eigenvalue weighted by Gasteiger charge is 2.20. The molecule has 1 atom stereocenters. The average molecular weight is 451 g/mol. The molecule has 0 amide bonds. The van der Waals surface area contributed by atoms with E-state index >= 15 is 0 Å². The second kappa shape index (κ2) is 8.70. The van der Waals surface area contributed by atoms with Crippen LogP contribution in [0.25, 0.3) is 11.2 Å². The number of hydrogen-bond acceptors (Lipinski definition) is 8. The summed E-state index contributed by atoms with van der Waals surface area (Å²) in [6, 6.07) is 3.68. The van der Waals surface area contributed by atoms with Gasteiger partial charge in [0.15, 0.2) is 17.0 Å². The van der Waals surface area contributed by atoms with Gasteiger partial charge in [-0.3, -0.25) is 0 Å². The highest BCUT2D eigenvalue weighted by Crippen LogP contribution is 2.39. The number of methoxy groups -OCH3 is 3. The molecule has 0 saturated heterocycles. The van der Waals surface area contributed by atoms with Crippen LogP contribution < -0.4 is 14.8 Å². The largest absolute Gasteiger partial charge is 0.497 e. The number of benzene rings is 1. The highest BCUT2D eigenvalue weighted by atomic mass is 79.9. The van der Waals surface area contributed by atoms with Crippen molar-refractivity contribution < 1.29 is 14.2 Å². The minimum absolute atomic E-state index is 0.0411. The minimum Gasteiger partial charge on any atom is -0.497 e. The fraction of sp³-hybridized carbons (Fsp3) is 0.444. The second-order valence-corrected chi connectivity index (χ2v) is 7.01. The van der Waals surface area contributed by atoms with Crippen molar-refractivity contribution in [1.82, 2.24) is 25.0 Å². The van der Waals surface area contributed by atoms with Gasteiger partial charge in [0, 0.05) is 17.6 Å². The molecule has 0 aliphatic carbocycles. The Morgan fingerprint density at radius 1 is 1.18 bits per heavy atom. The molecule has 2 heterocycles. The van der Waals surface area contributed by atoms with Crippen molar-refractivity contribution in [2.75, 3.05) is 33.3 Å². The summed E-state index contributed by atoms with van der Waals surface area (Å²) in [5.41, 5.74) is 1.94. The van der Waals surface area contributed by atoms with E-state index in [0.717, 1.165) is 10.9 Å². The maximum atomic E-state index is 5.50. The van der Waals surface area contributed by atoms with Gasteiger partial charge in [0.2, 0.25) is 0 Å². The van der Waals surface area contributed by atoms with Crippen molar-refractivity contribution in [2.24, 2.45) is 0 Å². The molecule has 2 aromatic heterocycles. The number of hydrogen-bond donors (Lipinski definition) is 1. The van der Waals surface area contributed by atoms with Crippen LogP contribution in [0.4, 0.5) is 11.5 Å². The number of aryl methyl sites for hydroxylation is 1. The van der Waals surface area contributed by atoms with Gasteiger partial charge in [0.25, 0.3) is 0 Å². The Kier molecular flexibility index (Phi) is 6.30. The molecule has 150 valence electrons. The summed E-state index contributed by atoms with van der Waals surface area (Å²) in [6.45, 7) is 4.43. The van der Waals surface area contributed by atoms with Gasteiger partial charge in [-0.05, 0) is 35.3 Å². The molecular weight excluding hydrogens is 428 g/mol. The Morgan fingerprint density at radius 2 is 1.96 bits per heavy atom. The SMILES string of the molecule is CCC(COC)n1nnc2c(Nc3c(Br)cc(OC)cc3OC)nc(C)nc21. The monoisotopic (exact) mass is 450 g/mol. The lowest BCUT2D eigenvalue weighted by atomic mass is 10.2. The molecule has 0 saturated carbocycles. The molecule has 1 N–H and O–H groups in total. The van der Waals surface area contributed by atoms with Gasteiger partial charge in [0.1, 0.15) is 17.3 Å². The molecule has 0 aliphatic heterocycles. The molecule has 9 nitrogen and oxygen atoms in total. The molecule has 0 radical (unpaired) electrons. The van der Waals surface area contributed by atoms with Crippen LogP contribution in [0, 0.1) is 6.92 Å². The Morgan fingerprint density at radius 3 is 2.61 bits per heavy atom. The summed E-state index contributed by atoms with van der Waals surface area (Å²) in [7, 11) is 4.87. The van der Waals surface area contributed by atoms with E-state index in [9.17, 15) is 0 Å². The molecule has 10 heteroatoms. The van der Waals surface area contributed by atoms with E-state index in [1.165, 1.54) is 0 Å². The topological polar surface area (TPSA) is 96.2 Å². The zero-order valence-corrected chi connectivity index (χ0v) is 18.1. The summed E-state index contributed by atoms with van der Waals surface area (Å²) in [5.74, 6) is 2.43. The standard InChI is InChI=1S/C18H23BrN6O3/c1-6-11(9-26-3)25-18-16(23-24-25)17(20-10(2)21-18)22-15-13(19)7-12(27-4)8-14(15)28-5/h7-8,11H,6,9H2,1-5H3,(H,20,21,22). The first-order valence-electron chi connectivity index (χ1n) is 8.79. The second-order valence-electron chi connectivity index (χ2n) is 6.15. The van der Waals surface area contributed by atoms with E-state index in [1.807, 2.05) is 13.0 Å². The van der Waals surface area contributed by atoms with Crippen molar-refractivity contribution in [3.8, 4) is 11.5 Å². The molecule has 3 aromatic rings. The number of fused-ring (bicyclic) bond motifs is 1. The van der Waals surface area contributed by atoms with Crippen LogP contribution in [0.15, 0.2) is 16.6 Å². The molecule has 0 bridgehead atoms. The number of nitrogens with one attached hydrogen (secondary N) is 1. The quantitative estimate of drug-likeness (QED) is 0.555. The first-order chi connectivity index (χ1) is 13.5. The van der Waals surface area contributed by atoms with Crippen LogP contribution in [0.1, 0.15) is 25.2 Å². The van der Waals surface area contributed by atoms with Gasteiger partial charge >= 0.3 is 0 Å². The van der Waals surface area contributed by atoms with Gasteiger partial charge in [0.05, 0.1) is 32.6 Å². The summed E-state index contributed by atoms with van der Waals surface area (Å²) in [6.07, 6.45) is 0.843. The molecule has 3 rings (SSSR count). The van der Waals surface area contributed by atoms with Crippen molar-refractivity contribution in [3.05, 3.63) is 22.4 Å². The molecule has 1 unspecified atom stereocenters. The fourth-order valence-electron chi connectivity index (χ4n) is 2.90. The number of rotatable bonds is 8. The predicted molar refractivity (Wildman–Crippen MR) is 110 cm³/mol. The van der Waals surface area contributed by atoms with E-state index in [0.29, 0.717) is 46.6 Å². The lowest BCUT2D eigenvalue weighted by Crippen LogP contribution is -2.16. The van der Waals surface area contributed by atoms with Crippen LogP contribution in [0.3, 0.4) is 0 Å². The Labute approximate surface area is 171 Å². The van der Waals surface area contributed by atoms with Gasteiger partial charge in [-0.2, -0.15) is 0 Å². The number of aromatic nitrogens is 5. The number of nitrogens with zero attached hydrogens (tertiary/aromatic N) is 5. The number of ether oxygens (including phenoxy) is 3. The number of anilines is 2. The van der Waals surface area contributed by atoms with Gasteiger partial charge in [-0.15, -0.1) is 5.10 Å². The average Bonchev–Trinajstić information content (AvgIpc) is 3.10. The van der Waals surface area contributed by atoms with Gasteiger partial charge in [-0.1, -0.05) is 12.1 Å². The zero-order valence-electron chi connectivity index (χ0n) is 16.5. The van der Waals surface area contributed by atoms with Crippen LogP contribution >= 0.6 is 15.9 Å². The van der Waals surface area contributed by atoms with E-state index in [2.05, 4.69) is 48.5 Å². The maximum absolute atomic E-state index is 5.50. The third kappa shape index (κ3) is 3.88. The molecule has 28 heavy (non-hydrogen) atoms. The summed E-state index contributed by atoms with van der Waals surface area (Å²) in [5, 5.41) is 11.9. The smallest absolute Gasteiger partial charge is 0.184 e. The summed E-state index contributed by atoms with van der Waals surface area (Å²) < 4.78 is 18.7. The Balaban J connectivity index is 2.09. The fourth-order valence-corrected chi connectivity index (χ4v) is 3.42. The maximum Gasteiger partial charge on any atom is 0.184 e. The summed E-state index contributed by atoms with van der Waals surface area (Å²) in [4.78, 5) is 9.07. The third-order valence-corrected chi connectivity index (χ3v) is 4.96. The Bertz CT molecular complexity index is 978. The van der Waals surface area contributed by atoms with Crippen molar-refractivity contribution >= 4 is 38.6 Å². The molecular formula is C18H23BrN6O3. The predicted octanol–water partition coefficient (Wildman–Crippen LogP) is 3.65. The van der Waals surface area contributed by atoms with E-state index in [-0.39, 0.29) is 6.04 Å². The van der Waals surface area contributed by atoms with E-state index in [4.69, 9.17) is 14.2 Å². The van der Waals surface area contributed by atoms with E-state index < -0.39 is 0 Å². The van der Waals surface area contributed by atoms with E-state index in [1.54, 1.807) is 32.1 Å². The normalized spacial score (nSPS) is 12.2. The van der Waals surface area contributed by atoms with Crippen molar-refractivity contribution in [3.63, 3.8) is 0 Å². The van der Waals surface area contributed by atoms with Crippen LogP contribution in [-0.4, -0.2) is 52.9 Å². The molecule has 0 fully saturated rings. The van der Waals surface area contributed by atoms with Crippen molar-refractivity contribution in [2.45, 2.75) is 26.3 Å². The minimum atomic E-state index is 0.0411.